The van der Waals surface area contributed by atoms with Crippen molar-refractivity contribution in [3.8, 4) is 0 Å². The maximum Gasteiger partial charge on any atom is 0.356 e. The summed E-state index contributed by atoms with van der Waals surface area (Å²) in [7, 11) is 3.09. The van der Waals surface area contributed by atoms with Gasteiger partial charge in [0.1, 0.15) is 5.69 Å². The van der Waals surface area contributed by atoms with Crippen LogP contribution in [0.3, 0.4) is 0 Å². The van der Waals surface area contributed by atoms with Gasteiger partial charge in [0.05, 0.1) is 17.3 Å². The van der Waals surface area contributed by atoms with Gasteiger partial charge in [0.2, 0.25) is 0 Å². The van der Waals surface area contributed by atoms with E-state index in [2.05, 4.69) is 31.0 Å². The molecule has 13 heavy (non-hydrogen) atoms. The summed E-state index contributed by atoms with van der Waals surface area (Å²) in [5.74, 6) is -0.441. The highest BCUT2D eigenvalue weighted by Crippen LogP contribution is 2.21. The Bertz CT molecular complexity index is 328. The largest absolute Gasteiger partial charge is 0.464 e. The molecular weight excluding hydrogens is 236 g/mol. The van der Waals surface area contributed by atoms with Crippen molar-refractivity contribution < 1.29 is 9.53 Å². The molecule has 0 aliphatic carbocycles. The number of ether oxygens (including phenoxy) is 1. The third-order valence-corrected chi connectivity index (χ3v) is 2.15. The van der Waals surface area contributed by atoms with Gasteiger partial charge >= 0.3 is 5.97 Å². The summed E-state index contributed by atoms with van der Waals surface area (Å²) < 4.78 is 5.34. The van der Waals surface area contributed by atoms with Gasteiger partial charge in [-0.15, -0.1) is 0 Å². The molecule has 1 heterocycles. The Balaban J connectivity index is 3.06. The maximum absolute atomic E-state index is 11.1. The van der Waals surface area contributed by atoms with E-state index in [1.54, 1.807) is 19.3 Å². The van der Waals surface area contributed by atoms with Crippen LogP contribution in [-0.2, 0) is 4.74 Å². The van der Waals surface area contributed by atoms with Crippen molar-refractivity contribution in [2.75, 3.05) is 19.5 Å². The first-order chi connectivity index (χ1) is 6.19. The number of pyridine rings is 1. The summed E-state index contributed by atoms with van der Waals surface area (Å²) in [5.41, 5.74) is 1.09. The number of nitrogens with one attached hydrogen (secondary N) is 1. The molecule has 0 atom stereocenters. The van der Waals surface area contributed by atoms with Crippen LogP contribution < -0.4 is 5.32 Å². The van der Waals surface area contributed by atoms with Gasteiger partial charge in [0.25, 0.3) is 0 Å². The van der Waals surface area contributed by atoms with Crippen LogP contribution >= 0.6 is 15.9 Å². The first kappa shape index (κ1) is 9.98. The third-order valence-electron chi connectivity index (χ3n) is 1.52. The lowest BCUT2D eigenvalue weighted by Gasteiger charge is -2.04. The van der Waals surface area contributed by atoms with Crippen LogP contribution in [-0.4, -0.2) is 25.1 Å². The number of hydrogen-bond donors (Lipinski definition) is 1. The summed E-state index contributed by atoms with van der Waals surface area (Å²) in [6.45, 7) is 0. The van der Waals surface area contributed by atoms with Crippen molar-refractivity contribution in [2.24, 2.45) is 0 Å². The van der Waals surface area contributed by atoms with Crippen LogP contribution in [0.4, 0.5) is 5.69 Å². The van der Waals surface area contributed by atoms with Crippen molar-refractivity contribution in [2.45, 2.75) is 0 Å². The molecule has 1 rings (SSSR count). The molecule has 1 N–H and O–H groups in total. The molecule has 0 saturated heterocycles. The molecule has 0 fully saturated rings. The first-order valence-electron chi connectivity index (χ1n) is 3.60. The first-order valence-corrected chi connectivity index (χ1v) is 4.40. The quantitative estimate of drug-likeness (QED) is 0.805. The molecule has 70 valence electrons. The highest BCUT2D eigenvalue weighted by Gasteiger charge is 2.08. The lowest BCUT2D eigenvalue weighted by molar-refractivity contribution is 0.0594. The second kappa shape index (κ2) is 4.23. The van der Waals surface area contributed by atoms with Crippen LogP contribution in [0.15, 0.2) is 16.7 Å². The molecule has 0 unspecified atom stereocenters. The summed E-state index contributed by atoms with van der Waals surface area (Å²) in [5, 5.41) is 2.92. The van der Waals surface area contributed by atoms with Gasteiger partial charge in [-0.25, -0.2) is 9.78 Å². The number of hydrogen-bond acceptors (Lipinski definition) is 4. The monoisotopic (exact) mass is 244 g/mol. The number of methoxy groups -OCH3 is 1. The van der Waals surface area contributed by atoms with E-state index in [1.165, 1.54) is 7.11 Å². The number of anilines is 1. The Hall–Kier alpha value is -1.10. The summed E-state index contributed by atoms with van der Waals surface area (Å²) in [6.07, 6.45) is 1.55. The van der Waals surface area contributed by atoms with Crippen molar-refractivity contribution in [3.63, 3.8) is 0 Å². The van der Waals surface area contributed by atoms with Crippen LogP contribution in [0.2, 0.25) is 0 Å². The number of nitrogens with zero attached hydrogens (tertiary/aromatic N) is 1. The predicted octanol–water partition coefficient (Wildman–Crippen LogP) is 1.67. The molecule has 4 nitrogen and oxygen atoms in total. The van der Waals surface area contributed by atoms with Gasteiger partial charge in [-0.05, 0) is 22.0 Å². The van der Waals surface area contributed by atoms with Crippen molar-refractivity contribution >= 4 is 27.6 Å². The highest BCUT2D eigenvalue weighted by atomic mass is 79.9. The summed E-state index contributed by atoms with van der Waals surface area (Å²) in [4.78, 5) is 15.0. The Morgan fingerprint density at radius 1 is 1.69 bits per heavy atom. The molecule has 0 radical (unpaired) electrons. The Morgan fingerprint density at radius 2 is 2.38 bits per heavy atom. The fourth-order valence-corrected chi connectivity index (χ4v) is 1.26. The van der Waals surface area contributed by atoms with E-state index in [1.807, 2.05) is 0 Å². The zero-order valence-corrected chi connectivity index (χ0v) is 8.88. The predicted molar refractivity (Wildman–Crippen MR) is 52.8 cm³/mol. The number of halogens is 1. The minimum absolute atomic E-state index is 0.287. The molecular formula is C8H9BrN2O2. The average Bonchev–Trinajstić information content (AvgIpc) is 2.17. The van der Waals surface area contributed by atoms with Gasteiger partial charge < -0.3 is 10.1 Å². The number of aromatic nitrogens is 1. The number of carbonyl (C=O) groups is 1. The lowest BCUT2D eigenvalue weighted by atomic mass is 10.3. The zero-order valence-electron chi connectivity index (χ0n) is 7.30. The van der Waals surface area contributed by atoms with Crippen LogP contribution in [0.25, 0.3) is 0 Å². The second-order valence-corrected chi connectivity index (χ2v) is 3.15. The summed E-state index contributed by atoms with van der Waals surface area (Å²) in [6, 6.07) is 1.62. The third kappa shape index (κ3) is 2.18. The smallest absolute Gasteiger partial charge is 0.356 e. The van der Waals surface area contributed by atoms with Crippen molar-refractivity contribution in [1.82, 2.24) is 4.98 Å². The van der Waals surface area contributed by atoms with E-state index in [0.29, 0.717) is 0 Å². The normalized spacial score (nSPS) is 9.46. The van der Waals surface area contributed by atoms with Crippen LogP contribution in [0.1, 0.15) is 10.5 Å². The zero-order chi connectivity index (χ0) is 9.84. The van der Waals surface area contributed by atoms with E-state index >= 15 is 0 Å². The van der Waals surface area contributed by atoms with E-state index in [4.69, 9.17) is 0 Å². The van der Waals surface area contributed by atoms with E-state index < -0.39 is 5.97 Å². The van der Waals surface area contributed by atoms with Crippen molar-refractivity contribution in [1.29, 1.82) is 0 Å². The molecule has 0 saturated carbocycles. The van der Waals surface area contributed by atoms with Gasteiger partial charge in [0.15, 0.2) is 0 Å². The van der Waals surface area contributed by atoms with E-state index in [0.717, 1.165) is 10.2 Å². The maximum atomic E-state index is 11.1. The van der Waals surface area contributed by atoms with E-state index in [-0.39, 0.29) is 5.69 Å². The number of rotatable bonds is 2. The van der Waals surface area contributed by atoms with Crippen LogP contribution in [0, 0.1) is 0 Å². The van der Waals surface area contributed by atoms with E-state index in [9.17, 15) is 4.79 Å². The van der Waals surface area contributed by atoms with Gasteiger partial charge in [-0.2, -0.15) is 0 Å². The summed E-state index contributed by atoms with van der Waals surface area (Å²) >= 11 is 3.28. The Labute approximate surface area is 84.4 Å². The standard InChI is InChI=1S/C8H9BrN2O2/c1-10-6-3-7(8(12)13-2)11-4-5(6)9/h3-4H,1-2H3,(H,10,11). The molecule has 0 amide bonds. The van der Waals surface area contributed by atoms with Crippen LogP contribution in [0.5, 0.6) is 0 Å². The topological polar surface area (TPSA) is 51.2 Å². The number of carbonyl (C=O) groups excluding carboxylic acids is 1. The number of esters is 1. The van der Waals surface area contributed by atoms with Crippen molar-refractivity contribution in [3.05, 3.63) is 22.4 Å². The van der Waals surface area contributed by atoms with Gasteiger partial charge in [0, 0.05) is 13.2 Å². The molecule has 0 aliphatic heterocycles. The lowest BCUT2D eigenvalue weighted by Crippen LogP contribution is -2.05. The van der Waals surface area contributed by atoms with Gasteiger partial charge in [-0.1, -0.05) is 0 Å². The molecule has 1 aromatic heterocycles. The second-order valence-electron chi connectivity index (χ2n) is 2.29. The average molecular weight is 245 g/mol. The minimum atomic E-state index is -0.441. The highest BCUT2D eigenvalue weighted by molar-refractivity contribution is 9.10. The fourth-order valence-electron chi connectivity index (χ4n) is 0.846. The Morgan fingerprint density at radius 3 is 2.92 bits per heavy atom. The molecule has 5 heteroatoms. The molecule has 0 bridgehead atoms. The molecule has 1 aromatic rings. The Kier molecular flexibility index (Phi) is 3.25. The minimum Gasteiger partial charge on any atom is -0.464 e. The SMILES string of the molecule is CNc1cc(C(=O)OC)ncc1Br. The molecule has 0 aliphatic rings. The van der Waals surface area contributed by atoms with Gasteiger partial charge in [-0.3, -0.25) is 0 Å². The fraction of sp³-hybridized carbons (Fsp3) is 0.250. The molecule has 0 spiro atoms. The molecule has 0 aromatic carbocycles.